The van der Waals surface area contributed by atoms with Crippen LogP contribution in [0.4, 0.5) is 0 Å². The number of esters is 3. The van der Waals surface area contributed by atoms with Crippen LogP contribution in [0.15, 0.2) is 85.1 Å². The van der Waals surface area contributed by atoms with Crippen LogP contribution < -0.4 is 0 Å². The third-order valence-electron chi connectivity index (χ3n) is 15.1. The number of ether oxygens (including phenoxy) is 3. The first kappa shape index (κ1) is 76.6. The van der Waals surface area contributed by atoms with Gasteiger partial charge in [-0.05, 0) is 96.3 Å². The zero-order chi connectivity index (χ0) is 57.8. The first-order valence-corrected chi connectivity index (χ1v) is 34.6. The molecule has 80 heavy (non-hydrogen) atoms. The summed E-state index contributed by atoms with van der Waals surface area (Å²) < 4.78 is 17.0. The maximum absolute atomic E-state index is 13.0. The van der Waals surface area contributed by atoms with Gasteiger partial charge < -0.3 is 14.2 Å². The molecule has 1 unspecified atom stereocenters. The molecule has 0 aromatic carbocycles. The number of allylic oxidation sites excluding steroid dienone is 14. The van der Waals surface area contributed by atoms with Gasteiger partial charge in [0.2, 0.25) is 0 Å². The van der Waals surface area contributed by atoms with Crippen molar-refractivity contribution in [3.63, 3.8) is 0 Å². The van der Waals surface area contributed by atoms with Crippen LogP contribution in [0.2, 0.25) is 0 Å². The van der Waals surface area contributed by atoms with Crippen LogP contribution in [0.1, 0.15) is 348 Å². The van der Waals surface area contributed by atoms with Gasteiger partial charge in [0.25, 0.3) is 0 Å². The van der Waals surface area contributed by atoms with Crippen molar-refractivity contribution in [2.75, 3.05) is 13.2 Å². The Balaban J connectivity index is 4.37. The third-order valence-corrected chi connectivity index (χ3v) is 15.1. The third kappa shape index (κ3) is 65.4. The fourth-order valence-corrected chi connectivity index (χ4v) is 9.97. The quantitative estimate of drug-likeness (QED) is 0.0261. The summed E-state index contributed by atoms with van der Waals surface area (Å²) >= 11 is 0. The van der Waals surface area contributed by atoms with Gasteiger partial charge in [-0.3, -0.25) is 14.4 Å². The van der Waals surface area contributed by atoms with Crippen molar-refractivity contribution in [3.8, 4) is 0 Å². The van der Waals surface area contributed by atoms with E-state index in [-0.39, 0.29) is 31.1 Å². The largest absolute Gasteiger partial charge is 0.462 e. The van der Waals surface area contributed by atoms with Crippen LogP contribution in [0.5, 0.6) is 0 Å². The number of carbonyl (C=O) groups excluding carboxylic acids is 3. The second-order valence-electron chi connectivity index (χ2n) is 23.1. The zero-order valence-corrected chi connectivity index (χ0v) is 53.1. The molecule has 0 saturated carbocycles. The van der Waals surface area contributed by atoms with Gasteiger partial charge in [-0.1, -0.05) is 318 Å². The SMILES string of the molecule is CC/C=C\C/C=C\C/C=C\C/C=C\C/C=C\CCCCCCCCCC(=O)OCC(COC(=O)CCCCCCCCC/C=C\C/C=C\CCCCC)OC(=O)CCCCCCCCCCCCCCCCCCCCCCCC. The van der Waals surface area contributed by atoms with E-state index < -0.39 is 6.10 Å². The Kier molecular flexibility index (Phi) is 65.2. The lowest BCUT2D eigenvalue weighted by molar-refractivity contribution is -0.167. The average molecular weight is 1120 g/mol. The molecule has 0 aliphatic heterocycles. The van der Waals surface area contributed by atoms with Gasteiger partial charge in [0.15, 0.2) is 6.10 Å². The molecule has 0 N–H and O–H groups in total. The van der Waals surface area contributed by atoms with Gasteiger partial charge in [-0.25, -0.2) is 0 Å². The topological polar surface area (TPSA) is 78.9 Å². The van der Waals surface area contributed by atoms with E-state index in [1.54, 1.807) is 0 Å². The van der Waals surface area contributed by atoms with Crippen molar-refractivity contribution in [3.05, 3.63) is 85.1 Å². The molecule has 0 aliphatic carbocycles. The number of hydrogen-bond donors (Lipinski definition) is 0. The van der Waals surface area contributed by atoms with E-state index in [2.05, 4.69) is 106 Å². The molecular formula is C74H130O6. The lowest BCUT2D eigenvalue weighted by atomic mass is 10.0. The van der Waals surface area contributed by atoms with E-state index in [9.17, 15) is 14.4 Å². The van der Waals surface area contributed by atoms with Crippen molar-refractivity contribution < 1.29 is 28.6 Å². The molecule has 0 aromatic heterocycles. The van der Waals surface area contributed by atoms with Crippen molar-refractivity contribution in [1.29, 1.82) is 0 Å². The fraction of sp³-hybridized carbons (Fsp3) is 0.770. The normalized spacial score (nSPS) is 12.6. The molecule has 0 saturated heterocycles. The summed E-state index contributed by atoms with van der Waals surface area (Å²) in [5.74, 6) is -0.880. The van der Waals surface area contributed by atoms with Crippen LogP contribution in [-0.2, 0) is 28.6 Å². The van der Waals surface area contributed by atoms with Crippen LogP contribution in [0, 0.1) is 0 Å². The Morgan fingerprint density at radius 1 is 0.263 bits per heavy atom. The number of carbonyl (C=O) groups is 3. The van der Waals surface area contributed by atoms with E-state index in [0.717, 1.165) is 109 Å². The van der Waals surface area contributed by atoms with E-state index >= 15 is 0 Å². The Hall–Kier alpha value is -3.41. The van der Waals surface area contributed by atoms with Gasteiger partial charge >= 0.3 is 17.9 Å². The van der Waals surface area contributed by atoms with Gasteiger partial charge in [0, 0.05) is 19.3 Å². The van der Waals surface area contributed by atoms with Gasteiger partial charge in [0.05, 0.1) is 0 Å². The highest BCUT2D eigenvalue weighted by molar-refractivity contribution is 5.71. The van der Waals surface area contributed by atoms with Crippen molar-refractivity contribution in [2.45, 2.75) is 354 Å². The molecule has 0 amide bonds. The minimum atomic E-state index is -0.786. The average Bonchev–Trinajstić information content (AvgIpc) is 3.46. The highest BCUT2D eigenvalue weighted by Gasteiger charge is 2.19. The maximum atomic E-state index is 13.0. The van der Waals surface area contributed by atoms with Crippen molar-refractivity contribution in [1.82, 2.24) is 0 Å². The zero-order valence-electron chi connectivity index (χ0n) is 53.1. The predicted molar refractivity (Wildman–Crippen MR) is 348 cm³/mol. The summed E-state index contributed by atoms with van der Waals surface area (Å²) in [6.07, 6.45) is 90.2. The highest BCUT2D eigenvalue weighted by Crippen LogP contribution is 2.18. The van der Waals surface area contributed by atoms with Crippen molar-refractivity contribution >= 4 is 17.9 Å². The number of rotatable bonds is 63. The molecule has 0 rings (SSSR count). The molecule has 0 aliphatic rings. The predicted octanol–water partition coefficient (Wildman–Crippen LogP) is 23.8. The van der Waals surface area contributed by atoms with E-state index in [4.69, 9.17) is 14.2 Å². The Bertz CT molecular complexity index is 1520. The second kappa shape index (κ2) is 68.1. The van der Waals surface area contributed by atoms with E-state index in [1.807, 2.05) is 0 Å². The molecule has 6 nitrogen and oxygen atoms in total. The maximum Gasteiger partial charge on any atom is 0.306 e. The molecule has 0 heterocycles. The molecule has 0 fully saturated rings. The summed E-state index contributed by atoms with van der Waals surface area (Å²) in [5, 5.41) is 0. The van der Waals surface area contributed by atoms with Crippen molar-refractivity contribution in [2.24, 2.45) is 0 Å². The number of unbranched alkanes of at least 4 members (excludes halogenated alkanes) is 38. The van der Waals surface area contributed by atoms with Gasteiger partial charge in [-0.2, -0.15) is 0 Å². The van der Waals surface area contributed by atoms with Crippen LogP contribution in [-0.4, -0.2) is 37.2 Å². The highest BCUT2D eigenvalue weighted by atomic mass is 16.6. The van der Waals surface area contributed by atoms with Gasteiger partial charge in [-0.15, -0.1) is 0 Å². The summed E-state index contributed by atoms with van der Waals surface area (Å²) in [4.78, 5) is 38.5. The summed E-state index contributed by atoms with van der Waals surface area (Å²) in [6, 6.07) is 0. The fourth-order valence-electron chi connectivity index (χ4n) is 9.97. The molecule has 0 spiro atoms. The smallest absolute Gasteiger partial charge is 0.306 e. The molecule has 0 aromatic rings. The molecule has 462 valence electrons. The molecule has 0 bridgehead atoms. The van der Waals surface area contributed by atoms with Crippen LogP contribution >= 0.6 is 0 Å². The van der Waals surface area contributed by atoms with E-state index in [1.165, 1.54) is 199 Å². The summed E-state index contributed by atoms with van der Waals surface area (Å²) in [6.45, 7) is 6.54. The molecule has 6 heteroatoms. The Morgan fingerprint density at radius 2 is 0.487 bits per heavy atom. The van der Waals surface area contributed by atoms with Gasteiger partial charge in [0.1, 0.15) is 13.2 Å². The minimum absolute atomic E-state index is 0.0814. The first-order valence-electron chi connectivity index (χ1n) is 34.6. The first-order chi connectivity index (χ1) is 39.5. The standard InChI is InChI=1S/C74H130O6/c1-4-7-10-13-16-19-22-25-28-31-33-35-37-39-40-43-46-49-52-55-58-61-64-67-73(76)79-70-71(69-78-72(75)66-63-60-57-54-51-48-45-42-30-27-24-21-18-15-12-9-6-3)80-74(77)68-65-62-59-56-53-50-47-44-41-38-36-34-32-29-26-23-20-17-14-11-8-5-2/h7,10,16,18-19,21,25,27-28,30,33,35,39-40,71H,4-6,8-9,11-15,17,20,22-24,26,29,31-32,34,36-38,41-70H2,1-3H3/b10-7-,19-16-,21-18-,28-25-,30-27-,35-33-,40-39-. The van der Waals surface area contributed by atoms with Crippen LogP contribution in [0.3, 0.4) is 0 Å². The Morgan fingerprint density at radius 3 is 0.787 bits per heavy atom. The molecular weight excluding hydrogens is 985 g/mol. The van der Waals surface area contributed by atoms with E-state index in [0.29, 0.717) is 19.3 Å². The lowest BCUT2D eigenvalue weighted by Crippen LogP contribution is -2.30. The summed E-state index contributed by atoms with van der Waals surface area (Å²) in [7, 11) is 0. The Labute approximate surface area is 496 Å². The monoisotopic (exact) mass is 1110 g/mol. The second-order valence-corrected chi connectivity index (χ2v) is 23.1. The minimum Gasteiger partial charge on any atom is -0.462 e. The lowest BCUT2D eigenvalue weighted by Gasteiger charge is -2.18. The number of hydrogen-bond acceptors (Lipinski definition) is 6. The molecule has 1 atom stereocenters. The summed E-state index contributed by atoms with van der Waals surface area (Å²) in [5.41, 5.74) is 0. The van der Waals surface area contributed by atoms with Crippen LogP contribution in [0.25, 0.3) is 0 Å². The molecule has 0 radical (unpaired) electrons.